The van der Waals surface area contributed by atoms with Gasteiger partial charge in [0, 0.05) is 18.1 Å². The molecule has 0 heterocycles. The molecule has 1 spiro atoms. The average molecular weight is 169 g/mol. The molecule has 2 atom stereocenters. The van der Waals surface area contributed by atoms with Gasteiger partial charge in [-0.25, -0.2) is 0 Å². The van der Waals surface area contributed by atoms with Gasteiger partial charge in [0.1, 0.15) is 0 Å². The van der Waals surface area contributed by atoms with Gasteiger partial charge in [0.15, 0.2) is 0 Å². The third-order valence-corrected chi connectivity index (χ3v) is 3.75. The SMILES string of the molecule is CCO[C@@H]1C[C@@H](N)C12CCCC2. The first kappa shape index (κ1) is 8.52. The highest BCUT2D eigenvalue weighted by Crippen LogP contribution is 2.53. The summed E-state index contributed by atoms with van der Waals surface area (Å²) in [7, 11) is 0. The summed E-state index contributed by atoms with van der Waals surface area (Å²) in [5.41, 5.74) is 6.46. The summed E-state index contributed by atoms with van der Waals surface area (Å²) < 4.78 is 5.71. The van der Waals surface area contributed by atoms with E-state index in [0.717, 1.165) is 13.0 Å². The Hall–Kier alpha value is -0.0800. The smallest absolute Gasteiger partial charge is 0.0660 e. The molecule has 0 radical (unpaired) electrons. The molecule has 0 saturated heterocycles. The van der Waals surface area contributed by atoms with Gasteiger partial charge in [-0.3, -0.25) is 0 Å². The van der Waals surface area contributed by atoms with E-state index < -0.39 is 0 Å². The monoisotopic (exact) mass is 169 g/mol. The highest BCUT2D eigenvalue weighted by Gasteiger charge is 2.54. The second-order valence-corrected chi connectivity index (χ2v) is 4.23. The lowest BCUT2D eigenvalue weighted by Gasteiger charge is -2.52. The van der Waals surface area contributed by atoms with Gasteiger partial charge in [-0.2, -0.15) is 0 Å². The molecule has 0 aliphatic heterocycles. The van der Waals surface area contributed by atoms with Crippen LogP contribution >= 0.6 is 0 Å². The molecule has 70 valence electrons. The van der Waals surface area contributed by atoms with Crippen molar-refractivity contribution in [2.75, 3.05) is 6.61 Å². The average Bonchev–Trinajstić information content (AvgIpc) is 2.55. The van der Waals surface area contributed by atoms with E-state index in [4.69, 9.17) is 10.5 Å². The molecule has 0 aromatic heterocycles. The second-order valence-electron chi connectivity index (χ2n) is 4.23. The Bertz CT molecular complexity index is 161. The van der Waals surface area contributed by atoms with Gasteiger partial charge in [-0.1, -0.05) is 12.8 Å². The van der Waals surface area contributed by atoms with Crippen molar-refractivity contribution in [2.45, 2.75) is 51.2 Å². The third kappa shape index (κ3) is 1.01. The summed E-state index contributed by atoms with van der Waals surface area (Å²) in [5, 5.41) is 0. The van der Waals surface area contributed by atoms with Crippen molar-refractivity contribution >= 4 is 0 Å². The van der Waals surface area contributed by atoms with Gasteiger partial charge in [-0.05, 0) is 26.2 Å². The molecule has 2 fully saturated rings. The fourth-order valence-electron chi connectivity index (χ4n) is 2.94. The fraction of sp³-hybridized carbons (Fsp3) is 1.00. The molecule has 2 rings (SSSR count). The molecule has 0 amide bonds. The summed E-state index contributed by atoms with van der Waals surface area (Å²) in [5.74, 6) is 0. The van der Waals surface area contributed by atoms with E-state index in [2.05, 4.69) is 6.92 Å². The summed E-state index contributed by atoms with van der Waals surface area (Å²) in [6, 6.07) is 0.427. The summed E-state index contributed by atoms with van der Waals surface area (Å²) >= 11 is 0. The molecule has 2 saturated carbocycles. The van der Waals surface area contributed by atoms with Crippen LogP contribution in [0.5, 0.6) is 0 Å². The minimum atomic E-state index is 0.399. The highest BCUT2D eigenvalue weighted by atomic mass is 16.5. The Kier molecular flexibility index (Phi) is 2.13. The van der Waals surface area contributed by atoms with Gasteiger partial charge in [0.25, 0.3) is 0 Å². The zero-order valence-electron chi connectivity index (χ0n) is 7.88. The fourth-order valence-corrected chi connectivity index (χ4v) is 2.94. The van der Waals surface area contributed by atoms with Crippen molar-refractivity contribution in [3.63, 3.8) is 0 Å². The minimum Gasteiger partial charge on any atom is -0.378 e. The molecule has 0 bridgehead atoms. The van der Waals surface area contributed by atoms with Crippen LogP contribution in [-0.2, 0) is 4.74 Å². The Morgan fingerprint density at radius 3 is 2.58 bits per heavy atom. The predicted octanol–water partition coefficient (Wildman–Crippen LogP) is 1.68. The summed E-state index contributed by atoms with van der Waals surface area (Å²) in [6.45, 7) is 2.92. The van der Waals surface area contributed by atoms with Crippen molar-refractivity contribution in [2.24, 2.45) is 11.1 Å². The molecule has 2 N–H and O–H groups in total. The molecule has 0 aromatic rings. The molecule has 2 heteroatoms. The number of ether oxygens (including phenoxy) is 1. The predicted molar refractivity (Wildman–Crippen MR) is 48.9 cm³/mol. The number of hydrogen-bond acceptors (Lipinski definition) is 2. The van der Waals surface area contributed by atoms with Crippen LogP contribution in [0.3, 0.4) is 0 Å². The Labute approximate surface area is 74.5 Å². The zero-order valence-corrected chi connectivity index (χ0v) is 7.88. The zero-order chi connectivity index (χ0) is 8.60. The van der Waals surface area contributed by atoms with Crippen LogP contribution in [0.25, 0.3) is 0 Å². The van der Waals surface area contributed by atoms with E-state index in [9.17, 15) is 0 Å². The van der Waals surface area contributed by atoms with Crippen LogP contribution in [0.4, 0.5) is 0 Å². The largest absolute Gasteiger partial charge is 0.378 e. The number of nitrogens with two attached hydrogens (primary N) is 1. The highest BCUT2D eigenvalue weighted by molar-refractivity contribution is 5.08. The number of rotatable bonds is 2. The van der Waals surface area contributed by atoms with E-state index in [0.29, 0.717) is 17.6 Å². The molecule has 2 nitrogen and oxygen atoms in total. The van der Waals surface area contributed by atoms with Crippen LogP contribution in [0.2, 0.25) is 0 Å². The standard InChI is InChI=1S/C10H19NO/c1-2-12-9-7-8(11)10(9)5-3-4-6-10/h8-9H,2-7,11H2,1H3/t8-,9-/m1/s1. The molecule has 0 aromatic carbocycles. The van der Waals surface area contributed by atoms with Gasteiger partial charge >= 0.3 is 0 Å². The van der Waals surface area contributed by atoms with Crippen LogP contribution < -0.4 is 5.73 Å². The van der Waals surface area contributed by atoms with Crippen molar-refractivity contribution in [3.05, 3.63) is 0 Å². The van der Waals surface area contributed by atoms with Gasteiger partial charge < -0.3 is 10.5 Å². The minimum absolute atomic E-state index is 0.399. The number of hydrogen-bond donors (Lipinski definition) is 1. The van der Waals surface area contributed by atoms with Gasteiger partial charge in [0.05, 0.1) is 6.10 Å². The topological polar surface area (TPSA) is 35.2 Å². The summed E-state index contributed by atoms with van der Waals surface area (Å²) in [6.07, 6.45) is 6.90. The van der Waals surface area contributed by atoms with Crippen molar-refractivity contribution < 1.29 is 4.74 Å². The van der Waals surface area contributed by atoms with E-state index in [-0.39, 0.29) is 0 Å². The van der Waals surface area contributed by atoms with Crippen molar-refractivity contribution in [3.8, 4) is 0 Å². The maximum absolute atomic E-state index is 6.06. The molecule has 2 aliphatic rings. The Balaban J connectivity index is 2.00. The van der Waals surface area contributed by atoms with Crippen LogP contribution in [0, 0.1) is 5.41 Å². The Morgan fingerprint density at radius 2 is 2.08 bits per heavy atom. The second kappa shape index (κ2) is 3.00. The van der Waals surface area contributed by atoms with E-state index in [1.54, 1.807) is 0 Å². The normalized spacial score (nSPS) is 38.5. The van der Waals surface area contributed by atoms with Crippen LogP contribution in [0.15, 0.2) is 0 Å². The first-order valence-electron chi connectivity index (χ1n) is 5.17. The quantitative estimate of drug-likeness (QED) is 0.682. The first-order chi connectivity index (χ1) is 5.79. The third-order valence-electron chi connectivity index (χ3n) is 3.75. The van der Waals surface area contributed by atoms with Gasteiger partial charge in [0.2, 0.25) is 0 Å². The first-order valence-corrected chi connectivity index (χ1v) is 5.17. The van der Waals surface area contributed by atoms with Crippen LogP contribution in [-0.4, -0.2) is 18.8 Å². The lowest BCUT2D eigenvalue weighted by atomic mass is 9.61. The van der Waals surface area contributed by atoms with Gasteiger partial charge in [-0.15, -0.1) is 0 Å². The Morgan fingerprint density at radius 1 is 1.42 bits per heavy atom. The molecule has 12 heavy (non-hydrogen) atoms. The van der Waals surface area contributed by atoms with Crippen molar-refractivity contribution in [1.29, 1.82) is 0 Å². The molecule has 2 aliphatic carbocycles. The molecular formula is C10H19NO. The maximum atomic E-state index is 6.06. The van der Waals surface area contributed by atoms with E-state index in [1.807, 2.05) is 0 Å². The van der Waals surface area contributed by atoms with Crippen LogP contribution in [0.1, 0.15) is 39.0 Å². The molecule has 0 unspecified atom stereocenters. The van der Waals surface area contributed by atoms with E-state index in [1.165, 1.54) is 25.7 Å². The lowest BCUT2D eigenvalue weighted by Crippen LogP contribution is -2.60. The molecular weight excluding hydrogens is 150 g/mol. The van der Waals surface area contributed by atoms with Crippen molar-refractivity contribution in [1.82, 2.24) is 0 Å². The maximum Gasteiger partial charge on any atom is 0.0660 e. The summed E-state index contributed by atoms with van der Waals surface area (Å²) in [4.78, 5) is 0. The van der Waals surface area contributed by atoms with E-state index >= 15 is 0 Å². The lowest BCUT2D eigenvalue weighted by molar-refractivity contribution is -0.120.